The lowest BCUT2D eigenvalue weighted by molar-refractivity contribution is 0.181. The van der Waals surface area contributed by atoms with E-state index < -0.39 is 0 Å². The van der Waals surface area contributed by atoms with E-state index in [-0.39, 0.29) is 0 Å². The maximum absolute atomic E-state index is 6.23. The quantitative estimate of drug-likeness (QED) is 0.882. The first kappa shape index (κ1) is 16.0. The highest BCUT2D eigenvalue weighted by Crippen LogP contribution is 2.40. The van der Waals surface area contributed by atoms with Crippen LogP contribution in [0.25, 0.3) is 10.6 Å². The number of nitrogens with two attached hydrogens (primary N) is 1. The third-order valence-corrected chi connectivity index (χ3v) is 4.37. The third kappa shape index (κ3) is 3.29. The Bertz CT molecular complexity index is 631. The zero-order valence-corrected chi connectivity index (χ0v) is 13.7. The number of methoxy groups -OCH3 is 3. The minimum absolute atomic E-state index is 0.428. The van der Waals surface area contributed by atoms with Gasteiger partial charge in [-0.25, -0.2) is 4.98 Å². The first-order valence-electron chi connectivity index (χ1n) is 6.24. The molecule has 0 aliphatic rings. The number of hydrogen-bond donors (Lipinski definition) is 1. The Hall–Kier alpha value is -1.34. The fourth-order valence-electron chi connectivity index (χ4n) is 1.96. The number of aromatic nitrogens is 1. The molecule has 0 fully saturated rings. The van der Waals surface area contributed by atoms with Crippen molar-refractivity contribution in [1.82, 2.24) is 4.98 Å². The normalized spacial score (nSPS) is 10.7. The second kappa shape index (κ2) is 7.09. The lowest BCUT2D eigenvalue weighted by atomic mass is 10.2. The molecule has 5 nitrogen and oxygen atoms in total. The molecule has 1 heterocycles. The van der Waals surface area contributed by atoms with Gasteiger partial charge in [0.05, 0.1) is 31.5 Å². The van der Waals surface area contributed by atoms with Crippen molar-refractivity contribution in [2.75, 3.05) is 21.3 Å². The van der Waals surface area contributed by atoms with Gasteiger partial charge in [0.2, 0.25) is 0 Å². The van der Waals surface area contributed by atoms with E-state index >= 15 is 0 Å². The van der Waals surface area contributed by atoms with Crippen molar-refractivity contribution in [2.24, 2.45) is 5.73 Å². The van der Waals surface area contributed by atoms with Crippen LogP contribution in [0, 0.1) is 0 Å². The zero-order valence-electron chi connectivity index (χ0n) is 12.1. The van der Waals surface area contributed by atoms with Crippen LogP contribution < -0.4 is 15.2 Å². The molecule has 0 amide bonds. The molecule has 1 aromatic carbocycles. The van der Waals surface area contributed by atoms with Gasteiger partial charge in [0.1, 0.15) is 5.01 Å². The van der Waals surface area contributed by atoms with Crippen molar-refractivity contribution in [2.45, 2.75) is 13.2 Å². The summed E-state index contributed by atoms with van der Waals surface area (Å²) in [7, 11) is 4.75. The van der Waals surface area contributed by atoms with E-state index in [1.54, 1.807) is 27.4 Å². The summed E-state index contributed by atoms with van der Waals surface area (Å²) >= 11 is 7.75. The molecule has 0 saturated carbocycles. The van der Waals surface area contributed by atoms with Crippen LogP contribution in [-0.2, 0) is 17.9 Å². The third-order valence-electron chi connectivity index (χ3n) is 2.93. The van der Waals surface area contributed by atoms with E-state index in [2.05, 4.69) is 4.98 Å². The van der Waals surface area contributed by atoms with Gasteiger partial charge in [-0.15, -0.1) is 11.3 Å². The number of hydrogen-bond acceptors (Lipinski definition) is 6. The Morgan fingerprint density at radius 3 is 2.57 bits per heavy atom. The average molecular weight is 329 g/mol. The SMILES string of the molecule is COCc1nc(-c2cc(Cl)c(OC)c(OC)c2)sc1CN. The Labute approximate surface area is 132 Å². The molecule has 0 radical (unpaired) electrons. The van der Waals surface area contributed by atoms with Crippen LogP contribution in [0.1, 0.15) is 10.6 Å². The van der Waals surface area contributed by atoms with Gasteiger partial charge in [-0.2, -0.15) is 0 Å². The molecule has 0 spiro atoms. The molecule has 0 bridgehead atoms. The van der Waals surface area contributed by atoms with E-state index in [0.29, 0.717) is 29.7 Å². The molecule has 7 heteroatoms. The fraction of sp³-hybridized carbons (Fsp3) is 0.357. The van der Waals surface area contributed by atoms with Gasteiger partial charge in [-0.05, 0) is 12.1 Å². The van der Waals surface area contributed by atoms with E-state index in [1.165, 1.54) is 11.3 Å². The molecule has 0 saturated heterocycles. The number of thiazole rings is 1. The van der Waals surface area contributed by atoms with E-state index in [0.717, 1.165) is 21.1 Å². The molecule has 0 aliphatic carbocycles. The number of ether oxygens (including phenoxy) is 3. The molecule has 0 unspecified atom stereocenters. The first-order chi connectivity index (χ1) is 10.1. The van der Waals surface area contributed by atoms with Crippen LogP contribution in [-0.4, -0.2) is 26.3 Å². The summed E-state index contributed by atoms with van der Waals surface area (Å²) in [5.74, 6) is 1.08. The van der Waals surface area contributed by atoms with Gasteiger partial charge >= 0.3 is 0 Å². The molecule has 2 rings (SSSR count). The first-order valence-corrected chi connectivity index (χ1v) is 7.43. The Kier molecular flexibility index (Phi) is 5.41. The predicted molar refractivity (Wildman–Crippen MR) is 84.3 cm³/mol. The van der Waals surface area contributed by atoms with Crippen molar-refractivity contribution < 1.29 is 14.2 Å². The van der Waals surface area contributed by atoms with Crippen molar-refractivity contribution >= 4 is 22.9 Å². The van der Waals surface area contributed by atoms with Crippen LogP contribution in [0.15, 0.2) is 12.1 Å². The molecule has 0 atom stereocenters. The van der Waals surface area contributed by atoms with E-state index in [1.807, 2.05) is 6.07 Å². The number of rotatable bonds is 6. The summed E-state index contributed by atoms with van der Waals surface area (Å²) in [5.41, 5.74) is 7.46. The molecule has 2 aromatic rings. The zero-order chi connectivity index (χ0) is 15.4. The number of halogens is 1. The molecule has 114 valence electrons. The molecule has 0 aliphatic heterocycles. The maximum Gasteiger partial charge on any atom is 0.179 e. The van der Waals surface area contributed by atoms with Crippen molar-refractivity contribution in [3.63, 3.8) is 0 Å². The standard InChI is InChI=1S/C14H17ClN2O3S/c1-18-7-10-12(6-16)21-14(17-10)8-4-9(15)13(20-3)11(5-8)19-2/h4-5H,6-7,16H2,1-3H3. The Balaban J connectivity index is 2.49. The summed E-state index contributed by atoms with van der Waals surface area (Å²) in [5, 5.41) is 1.30. The Morgan fingerprint density at radius 1 is 1.24 bits per heavy atom. The molecular formula is C14H17ClN2O3S. The van der Waals surface area contributed by atoms with Gasteiger partial charge in [0, 0.05) is 24.1 Å². The van der Waals surface area contributed by atoms with Crippen LogP contribution >= 0.6 is 22.9 Å². The minimum atomic E-state index is 0.428. The topological polar surface area (TPSA) is 66.6 Å². The lowest BCUT2D eigenvalue weighted by Crippen LogP contribution is -1.99. The monoisotopic (exact) mass is 328 g/mol. The van der Waals surface area contributed by atoms with Crippen LogP contribution in [0.2, 0.25) is 5.02 Å². The van der Waals surface area contributed by atoms with Crippen LogP contribution in [0.5, 0.6) is 11.5 Å². The molecule has 2 N–H and O–H groups in total. The minimum Gasteiger partial charge on any atom is -0.493 e. The largest absolute Gasteiger partial charge is 0.493 e. The van der Waals surface area contributed by atoms with E-state index in [9.17, 15) is 0 Å². The van der Waals surface area contributed by atoms with Crippen LogP contribution in [0.3, 0.4) is 0 Å². The van der Waals surface area contributed by atoms with Crippen molar-refractivity contribution in [1.29, 1.82) is 0 Å². The summed E-state index contributed by atoms with van der Waals surface area (Å²) in [6, 6.07) is 3.65. The number of benzene rings is 1. The summed E-state index contributed by atoms with van der Waals surface area (Å²) in [6.45, 7) is 0.863. The fourth-order valence-corrected chi connectivity index (χ4v) is 3.18. The van der Waals surface area contributed by atoms with Gasteiger partial charge in [-0.1, -0.05) is 11.6 Å². The van der Waals surface area contributed by atoms with Gasteiger partial charge < -0.3 is 19.9 Å². The van der Waals surface area contributed by atoms with E-state index in [4.69, 9.17) is 31.5 Å². The van der Waals surface area contributed by atoms with Gasteiger partial charge in [-0.3, -0.25) is 0 Å². The molecule has 1 aromatic heterocycles. The number of nitrogens with zero attached hydrogens (tertiary/aromatic N) is 1. The molecular weight excluding hydrogens is 312 g/mol. The van der Waals surface area contributed by atoms with Crippen molar-refractivity contribution in [3.05, 3.63) is 27.7 Å². The Morgan fingerprint density at radius 2 is 2.00 bits per heavy atom. The summed E-state index contributed by atoms with van der Waals surface area (Å²) in [6.07, 6.45) is 0. The van der Waals surface area contributed by atoms with Crippen LogP contribution in [0.4, 0.5) is 0 Å². The summed E-state index contributed by atoms with van der Waals surface area (Å²) in [4.78, 5) is 5.57. The lowest BCUT2D eigenvalue weighted by Gasteiger charge is -2.10. The highest BCUT2D eigenvalue weighted by atomic mass is 35.5. The maximum atomic E-state index is 6.23. The average Bonchev–Trinajstić information content (AvgIpc) is 2.89. The molecule has 21 heavy (non-hydrogen) atoms. The summed E-state index contributed by atoms with van der Waals surface area (Å²) < 4.78 is 15.7. The van der Waals surface area contributed by atoms with Gasteiger partial charge in [0.15, 0.2) is 11.5 Å². The highest BCUT2D eigenvalue weighted by Gasteiger charge is 2.16. The smallest absolute Gasteiger partial charge is 0.179 e. The van der Waals surface area contributed by atoms with Gasteiger partial charge in [0.25, 0.3) is 0 Å². The highest BCUT2D eigenvalue weighted by molar-refractivity contribution is 7.15. The predicted octanol–water partition coefficient (Wildman–Crippen LogP) is 3.09. The second-order valence-electron chi connectivity index (χ2n) is 4.22. The second-order valence-corrected chi connectivity index (χ2v) is 5.71. The van der Waals surface area contributed by atoms with Crippen molar-refractivity contribution in [3.8, 4) is 22.1 Å².